The van der Waals surface area contributed by atoms with E-state index in [1.54, 1.807) is 48.5 Å². The van der Waals surface area contributed by atoms with Gasteiger partial charge in [-0.1, -0.05) is 37.1 Å². The van der Waals surface area contributed by atoms with Crippen LogP contribution in [0.2, 0.25) is 5.02 Å². The number of halogens is 1. The Balaban J connectivity index is 2.36. The number of rotatable bonds is 7. The molecule has 2 rings (SSSR count). The highest BCUT2D eigenvalue weighted by atomic mass is 35.5. The van der Waals surface area contributed by atoms with Crippen molar-refractivity contribution in [2.75, 3.05) is 4.90 Å². The number of hydrogen-bond acceptors (Lipinski definition) is 3. The van der Waals surface area contributed by atoms with Gasteiger partial charge in [-0.15, -0.1) is 0 Å². The highest BCUT2D eigenvalue weighted by molar-refractivity contribution is 6.30. The molecule has 4 nitrogen and oxygen atoms in total. The molecule has 0 radical (unpaired) electrons. The van der Waals surface area contributed by atoms with Crippen LogP contribution in [0, 0.1) is 11.3 Å². The fraction of sp³-hybridized carbons (Fsp3) is 0.263. The standard InChI is InChI=1S/C19H19ClN2O2/c1-2-4-18(19(24)15-6-3-5-14(11-15)12-21)22(13-23)17-9-7-16(20)8-10-17/h3,5-11,13,18-19,24H,2,4H2,1H3. The van der Waals surface area contributed by atoms with Crippen LogP contribution in [0.4, 0.5) is 5.69 Å². The molecule has 1 N–H and O–H groups in total. The smallest absolute Gasteiger partial charge is 0.214 e. The SMILES string of the molecule is CCCC(C(O)c1cccc(C#N)c1)N(C=O)c1ccc(Cl)cc1. The number of carbonyl (C=O) groups excluding carboxylic acids is 1. The summed E-state index contributed by atoms with van der Waals surface area (Å²) in [4.78, 5) is 13.2. The molecule has 0 aliphatic rings. The Morgan fingerprint density at radius 3 is 2.58 bits per heavy atom. The lowest BCUT2D eigenvalue weighted by atomic mass is 9.96. The summed E-state index contributed by atoms with van der Waals surface area (Å²) in [5.74, 6) is 0. The first-order valence-corrected chi connectivity index (χ1v) is 8.15. The number of amides is 1. The van der Waals surface area contributed by atoms with Gasteiger partial charge in [-0.3, -0.25) is 4.79 Å². The second-order valence-corrected chi connectivity index (χ2v) is 5.96. The van der Waals surface area contributed by atoms with Gasteiger partial charge in [0.2, 0.25) is 6.41 Å². The van der Waals surface area contributed by atoms with Gasteiger partial charge in [-0.25, -0.2) is 0 Å². The van der Waals surface area contributed by atoms with Gasteiger partial charge in [0.05, 0.1) is 23.8 Å². The average molecular weight is 343 g/mol. The molecule has 0 saturated carbocycles. The zero-order valence-electron chi connectivity index (χ0n) is 13.4. The second-order valence-electron chi connectivity index (χ2n) is 5.53. The number of aliphatic hydroxyl groups excluding tert-OH is 1. The summed E-state index contributed by atoms with van der Waals surface area (Å²) < 4.78 is 0. The van der Waals surface area contributed by atoms with E-state index in [1.807, 2.05) is 6.92 Å². The molecule has 2 unspecified atom stereocenters. The van der Waals surface area contributed by atoms with E-state index in [9.17, 15) is 9.90 Å². The Hall–Kier alpha value is -2.35. The Morgan fingerprint density at radius 1 is 1.29 bits per heavy atom. The average Bonchev–Trinajstić information content (AvgIpc) is 2.62. The van der Waals surface area contributed by atoms with Crippen LogP contribution in [0.25, 0.3) is 0 Å². The maximum atomic E-state index is 11.7. The lowest BCUT2D eigenvalue weighted by Crippen LogP contribution is -2.39. The number of nitriles is 1. The number of anilines is 1. The molecule has 1 amide bonds. The molecule has 0 aliphatic heterocycles. The predicted octanol–water partition coefficient (Wildman–Crippen LogP) is 4.08. The highest BCUT2D eigenvalue weighted by Crippen LogP contribution is 2.29. The van der Waals surface area contributed by atoms with Crippen LogP contribution >= 0.6 is 11.6 Å². The molecule has 2 aromatic carbocycles. The van der Waals surface area contributed by atoms with E-state index in [0.717, 1.165) is 12.8 Å². The maximum Gasteiger partial charge on any atom is 0.214 e. The van der Waals surface area contributed by atoms with E-state index in [-0.39, 0.29) is 0 Å². The Bertz CT molecular complexity index is 725. The van der Waals surface area contributed by atoms with E-state index < -0.39 is 12.1 Å². The Morgan fingerprint density at radius 2 is 2.00 bits per heavy atom. The van der Waals surface area contributed by atoms with Gasteiger partial charge >= 0.3 is 0 Å². The van der Waals surface area contributed by atoms with Gasteiger partial charge in [-0.05, 0) is 48.4 Å². The van der Waals surface area contributed by atoms with Crippen LogP contribution in [-0.2, 0) is 4.79 Å². The summed E-state index contributed by atoms with van der Waals surface area (Å²) in [7, 11) is 0. The van der Waals surface area contributed by atoms with Crippen LogP contribution in [0.5, 0.6) is 0 Å². The molecule has 5 heteroatoms. The van der Waals surface area contributed by atoms with Crippen molar-refractivity contribution in [2.24, 2.45) is 0 Å². The summed E-state index contributed by atoms with van der Waals surface area (Å²) in [5, 5.41) is 20.4. The summed E-state index contributed by atoms with van der Waals surface area (Å²) in [6.07, 6.45) is 1.26. The minimum absolute atomic E-state index is 0.428. The predicted molar refractivity (Wildman–Crippen MR) is 94.8 cm³/mol. The molecular formula is C19H19ClN2O2. The minimum atomic E-state index is -0.890. The molecule has 0 aliphatic carbocycles. The number of nitrogens with zero attached hydrogens (tertiary/aromatic N) is 2. The van der Waals surface area contributed by atoms with E-state index >= 15 is 0 Å². The molecule has 2 atom stereocenters. The molecule has 0 saturated heterocycles. The van der Waals surface area contributed by atoms with Gasteiger partial charge < -0.3 is 10.0 Å². The largest absolute Gasteiger partial charge is 0.386 e. The van der Waals surface area contributed by atoms with Crippen LogP contribution in [0.15, 0.2) is 48.5 Å². The van der Waals surface area contributed by atoms with E-state index in [4.69, 9.17) is 16.9 Å². The first-order chi connectivity index (χ1) is 11.6. The number of hydrogen-bond donors (Lipinski definition) is 1. The molecular weight excluding hydrogens is 324 g/mol. The number of benzene rings is 2. The third kappa shape index (κ3) is 4.14. The zero-order valence-corrected chi connectivity index (χ0v) is 14.1. The van der Waals surface area contributed by atoms with Crippen molar-refractivity contribution < 1.29 is 9.90 Å². The topological polar surface area (TPSA) is 64.3 Å². The molecule has 0 spiro atoms. The zero-order chi connectivity index (χ0) is 17.5. The van der Waals surface area contributed by atoms with Crippen LogP contribution in [0.1, 0.15) is 37.0 Å². The lowest BCUT2D eigenvalue weighted by molar-refractivity contribution is -0.108. The van der Waals surface area contributed by atoms with Crippen LogP contribution in [-0.4, -0.2) is 17.6 Å². The van der Waals surface area contributed by atoms with Crippen molar-refractivity contribution in [1.82, 2.24) is 0 Å². The molecule has 0 heterocycles. The van der Waals surface area contributed by atoms with Gasteiger partial charge in [0.15, 0.2) is 0 Å². The van der Waals surface area contributed by atoms with Crippen molar-refractivity contribution in [3.8, 4) is 6.07 Å². The molecule has 0 bridgehead atoms. The van der Waals surface area contributed by atoms with Crippen LogP contribution < -0.4 is 4.90 Å². The van der Waals surface area contributed by atoms with Gasteiger partial charge in [0, 0.05) is 10.7 Å². The molecule has 0 fully saturated rings. The monoisotopic (exact) mass is 342 g/mol. The minimum Gasteiger partial charge on any atom is -0.386 e. The van der Waals surface area contributed by atoms with Crippen molar-refractivity contribution in [2.45, 2.75) is 31.9 Å². The lowest BCUT2D eigenvalue weighted by Gasteiger charge is -2.32. The first-order valence-electron chi connectivity index (χ1n) is 7.78. The summed E-state index contributed by atoms with van der Waals surface area (Å²) in [6, 6.07) is 15.4. The quantitative estimate of drug-likeness (QED) is 0.771. The van der Waals surface area contributed by atoms with Crippen molar-refractivity contribution in [1.29, 1.82) is 5.26 Å². The Kier molecular flexibility index (Phi) is 6.36. The number of aliphatic hydroxyl groups is 1. The molecule has 0 aromatic heterocycles. The van der Waals surface area contributed by atoms with Gasteiger partial charge in [0.25, 0.3) is 0 Å². The number of carbonyl (C=O) groups is 1. The third-order valence-corrected chi connectivity index (χ3v) is 4.15. The molecule has 124 valence electrons. The second kappa shape index (κ2) is 8.49. The Labute approximate surface area is 146 Å². The fourth-order valence-electron chi connectivity index (χ4n) is 2.70. The molecule has 2 aromatic rings. The van der Waals surface area contributed by atoms with Gasteiger partial charge in [0.1, 0.15) is 0 Å². The van der Waals surface area contributed by atoms with E-state index in [0.29, 0.717) is 28.3 Å². The normalized spacial score (nSPS) is 12.9. The maximum absolute atomic E-state index is 11.7. The first kappa shape index (κ1) is 18.0. The highest BCUT2D eigenvalue weighted by Gasteiger charge is 2.27. The summed E-state index contributed by atoms with van der Waals surface area (Å²) in [6.45, 7) is 2.00. The van der Waals surface area contributed by atoms with Gasteiger partial charge in [-0.2, -0.15) is 5.26 Å². The van der Waals surface area contributed by atoms with E-state index in [1.165, 1.54) is 4.90 Å². The van der Waals surface area contributed by atoms with Crippen LogP contribution in [0.3, 0.4) is 0 Å². The molecule has 24 heavy (non-hydrogen) atoms. The third-order valence-electron chi connectivity index (χ3n) is 3.90. The van der Waals surface area contributed by atoms with Crippen molar-refractivity contribution in [3.63, 3.8) is 0 Å². The van der Waals surface area contributed by atoms with Crippen molar-refractivity contribution >= 4 is 23.7 Å². The van der Waals surface area contributed by atoms with E-state index in [2.05, 4.69) is 6.07 Å². The van der Waals surface area contributed by atoms with Crippen molar-refractivity contribution in [3.05, 3.63) is 64.7 Å². The fourth-order valence-corrected chi connectivity index (χ4v) is 2.83. The summed E-state index contributed by atoms with van der Waals surface area (Å²) in [5.41, 5.74) is 1.77. The summed E-state index contributed by atoms with van der Waals surface area (Å²) >= 11 is 5.91.